The number of hydrogen-bond acceptors (Lipinski definition) is 1. The molecule has 2 aromatic rings. The summed E-state index contributed by atoms with van der Waals surface area (Å²) in [6.45, 7) is 15.0. The number of halogens is 3. The quantitative estimate of drug-likeness (QED) is 0.303. The number of rotatable bonds is 10. The standard InChI is InChI=1S/C19H21F3S.C8H18.C2H6/c1-3-4-5-9-15-13-16(19(20,21)22)11-12-18(15)23-17-10-7-6-8-14(17)2;1-4-6-8(3)7-5-2;1-2/h6-8,10-13H,3-5,9H2,1-2H3;8H,4-7H2,1-3H3;1-2H3. The van der Waals surface area contributed by atoms with Crippen LogP contribution in [0.2, 0.25) is 0 Å². The van der Waals surface area contributed by atoms with Gasteiger partial charge >= 0.3 is 6.18 Å². The molecule has 0 aliphatic rings. The Balaban J connectivity index is 0.000000868. The van der Waals surface area contributed by atoms with E-state index in [4.69, 9.17) is 0 Å². The fourth-order valence-corrected chi connectivity index (χ4v) is 4.58. The molecule has 0 saturated carbocycles. The number of alkyl halides is 3. The Morgan fingerprint density at radius 1 is 0.818 bits per heavy atom. The van der Waals surface area contributed by atoms with Crippen molar-refractivity contribution in [2.75, 3.05) is 0 Å². The molecule has 0 aliphatic carbocycles. The van der Waals surface area contributed by atoms with Crippen molar-refractivity contribution in [3.05, 3.63) is 59.2 Å². The van der Waals surface area contributed by atoms with E-state index in [1.165, 1.54) is 37.8 Å². The summed E-state index contributed by atoms with van der Waals surface area (Å²) in [7, 11) is 0. The van der Waals surface area contributed by atoms with E-state index in [9.17, 15) is 13.2 Å². The highest BCUT2D eigenvalue weighted by Gasteiger charge is 2.31. The molecule has 0 amide bonds. The summed E-state index contributed by atoms with van der Waals surface area (Å²) in [5.74, 6) is 0.963. The zero-order chi connectivity index (χ0) is 25.3. The highest BCUT2D eigenvalue weighted by atomic mass is 32.2. The molecule has 0 atom stereocenters. The largest absolute Gasteiger partial charge is 0.416 e. The summed E-state index contributed by atoms with van der Waals surface area (Å²) in [5.41, 5.74) is 1.37. The van der Waals surface area contributed by atoms with Crippen LogP contribution in [0.4, 0.5) is 13.2 Å². The van der Waals surface area contributed by atoms with Crippen molar-refractivity contribution >= 4 is 11.8 Å². The molecular formula is C29H45F3S. The fraction of sp³-hybridized carbons (Fsp3) is 0.586. The first-order valence-corrected chi connectivity index (χ1v) is 13.5. The van der Waals surface area contributed by atoms with Gasteiger partial charge in [-0.2, -0.15) is 13.2 Å². The van der Waals surface area contributed by atoms with Crippen LogP contribution in [0.3, 0.4) is 0 Å². The normalized spacial score (nSPS) is 10.9. The van der Waals surface area contributed by atoms with Crippen molar-refractivity contribution in [3.63, 3.8) is 0 Å². The lowest BCUT2D eigenvalue weighted by molar-refractivity contribution is -0.137. The van der Waals surface area contributed by atoms with Gasteiger partial charge < -0.3 is 0 Å². The number of aryl methyl sites for hydroxylation is 2. The third kappa shape index (κ3) is 13.2. The fourth-order valence-electron chi connectivity index (χ4n) is 3.54. The maximum Gasteiger partial charge on any atom is 0.416 e. The van der Waals surface area contributed by atoms with E-state index >= 15 is 0 Å². The molecule has 0 N–H and O–H groups in total. The van der Waals surface area contributed by atoms with E-state index in [2.05, 4.69) is 27.7 Å². The highest BCUT2D eigenvalue weighted by Crippen LogP contribution is 2.37. The van der Waals surface area contributed by atoms with E-state index in [1.54, 1.807) is 17.8 Å². The molecule has 33 heavy (non-hydrogen) atoms. The Hall–Kier alpha value is -1.42. The Kier molecular flexibility index (Phi) is 17.2. The minimum Gasteiger partial charge on any atom is -0.166 e. The number of unbranched alkanes of at least 4 members (excludes halogenated alkanes) is 2. The van der Waals surface area contributed by atoms with Crippen molar-refractivity contribution in [2.24, 2.45) is 5.92 Å². The van der Waals surface area contributed by atoms with Gasteiger partial charge in [-0.15, -0.1) is 0 Å². The first-order chi connectivity index (χ1) is 15.7. The monoisotopic (exact) mass is 482 g/mol. The van der Waals surface area contributed by atoms with Gasteiger partial charge in [-0.05, 0) is 61.1 Å². The van der Waals surface area contributed by atoms with Crippen LogP contribution in [0.1, 0.15) is 103 Å². The predicted octanol–water partition coefficient (Wildman–Crippen LogP) is 11.1. The summed E-state index contributed by atoms with van der Waals surface area (Å²) in [6, 6.07) is 12.1. The molecule has 0 bridgehead atoms. The smallest absolute Gasteiger partial charge is 0.166 e. The van der Waals surface area contributed by atoms with Crippen molar-refractivity contribution in [3.8, 4) is 0 Å². The molecular weight excluding hydrogens is 437 g/mol. The van der Waals surface area contributed by atoms with Gasteiger partial charge in [0.2, 0.25) is 0 Å². The van der Waals surface area contributed by atoms with Gasteiger partial charge in [-0.3, -0.25) is 0 Å². The zero-order valence-electron chi connectivity index (χ0n) is 21.8. The third-order valence-electron chi connectivity index (χ3n) is 5.31. The molecule has 0 fully saturated rings. The van der Waals surface area contributed by atoms with Gasteiger partial charge in [0.05, 0.1) is 5.56 Å². The Morgan fingerprint density at radius 2 is 1.42 bits per heavy atom. The second kappa shape index (κ2) is 18.0. The Labute approximate surface area is 205 Å². The number of benzene rings is 2. The van der Waals surface area contributed by atoms with Crippen LogP contribution in [-0.2, 0) is 12.6 Å². The topological polar surface area (TPSA) is 0 Å². The van der Waals surface area contributed by atoms with Crippen molar-refractivity contribution < 1.29 is 13.2 Å². The molecule has 0 heterocycles. The van der Waals surface area contributed by atoms with E-state index in [1.807, 2.05) is 45.0 Å². The molecule has 0 spiro atoms. The lowest BCUT2D eigenvalue weighted by Gasteiger charge is -2.14. The first-order valence-electron chi connectivity index (χ1n) is 12.7. The minimum absolute atomic E-state index is 0.557. The summed E-state index contributed by atoms with van der Waals surface area (Å²) in [4.78, 5) is 2.01. The summed E-state index contributed by atoms with van der Waals surface area (Å²) >= 11 is 1.55. The second-order valence-electron chi connectivity index (χ2n) is 8.33. The van der Waals surface area contributed by atoms with Crippen LogP contribution < -0.4 is 0 Å². The zero-order valence-corrected chi connectivity index (χ0v) is 22.6. The number of hydrogen-bond donors (Lipinski definition) is 0. The molecule has 2 aromatic carbocycles. The molecule has 0 aliphatic heterocycles. The molecule has 188 valence electrons. The Morgan fingerprint density at radius 3 is 1.94 bits per heavy atom. The third-order valence-corrected chi connectivity index (χ3v) is 6.61. The van der Waals surface area contributed by atoms with Gasteiger partial charge in [0, 0.05) is 9.79 Å². The van der Waals surface area contributed by atoms with Crippen LogP contribution in [0.5, 0.6) is 0 Å². The minimum atomic E-state index is -4.29. The molecule has 0 nitrogen and oxygen atoms in total. The van der Waals surface area contributed by atoms with Gasteiger partial charge in [0.15, 0.2) is 0 Å². The summed E-state index contributed by atoms with van der Waals surface area (Å²) < 4.78 is 38.9. The molecule has 0 saturated heterocycles. The second-order valence-corrected chi connectivity index (χ2v) is 9.41. The van der Waals surface area contributed by atoms with Crippen molar-refractivity contribution in [1.29, 1.82) is 0 Å². The lowest BCUT2D eigenvalue weighted by atomic mass is 10.0. The highest BCUT2D eigenvalue weighted by molar-refractivity contribution is 7.99. The van der Waals surface area contributed by atoms with Crippen LogP contribution in [-0.4, -0.2) is 0 Å². The lowest BCUT2D eigenvalue weighted by Crippen LogP contribution is -2.06. The molecule has 4 heteroatoms. The molecule has 2 rings (SSSR count). The Bertz CT molecular complexity index is 747. The van der Waals surface area contributed by atoms with Gasteiger partial charge in [0.1, 0.15) is 0 Å². The van der Waals surface area contributed by atoms with Crippen LogP contribution in [0.15, 0.2) is 52.3 Å². The van der Waals surface area contributed by atoms with E-state index < -0.39 is 11.7 Å². The van der Waals surface area contributed by atoms with E-state index in [0.717, 1.165) is 46.1 Å². The van der Waals surface area contributed by atoms with Crippen molar-refractivity contribution in [2.45, 2.75) is 116 Å². The van der Waals surface area contributed by atoms with Crippen LogP contribution >= 0.6 is 11.8 Å². The van der Waals surface area contributed by atoms with Gasteiger partial charge in [-0.1, -0.05) is 110 Å². The van der Waals surface area contributed by atoms with E-state index in [-0.39, 0.29) is 0 Å². The van der Waals surface area contributed by atoms with Crippen LogP contribution in [0, 0.1) is 12.8 Å². The maximum atomic E-state index is 13.0. The van der Waals surface area contributed by atoms with Crippen LogP contribution in [0.25, 0.3) is 0 Å². The van der Waals surface area contributed by atoms with Gasteiger partial charge in [-0.25, -0.2) is 0 Å². The van der Waals surface area contributed by atoms with E-state index in [0.29, 0.717) is 6.42 Å². The van der Waals surface area contributed by atoms with Crippen molar-refractivity contribution in [1.82, 2.24) is 0 Å². The molecule has 0 aromatic heterocycles. The average Bonchev–Trinajstić information content (AvgIpc) is 2.78. The SMILES string of the molecule is CC.CCCC(C)CCC.CCCCCc1cc(C(F)(F)F)ccc1Sc1ccccc1C. The summed E-state index contributed by atoms with van der Waals surface area (Å²) in [6.07, 6.45) is 4.92. The predicted molar refractivity (Wildman–Crippen MR) is 140 cm³/mol. The maximum absolute atomic E-state index is 13.0. The molecule has 0 radical (unpaired) electrons. The summed E-state index contributed by atoms with van der Waals surface area (Å²) in [5, 5.41) is 0. The van der Waals surface area contributed by atoms with Gasteiger partial charge in [0.25, 0.3) is 0 Å². The molecule has 0 unspecified atom stereocenters. The average molecular weight is 483 g/mol. The first kappa shape index (κ1) is 31.6.